The van der Waals surface area contributed by atoms with Gasteiger partial charge in [-0.3, -0.25) is 9.48 Å². The van der Waals surface area contributed by atoms with Crippen molar-refractivity contribution >= 4 is 28.5 Å². The van der Waals surface area contributed by atoms with Gasteiger partial charge in [0.1, 0.15) is 11.5 Å². The van der Waals surface area contributed by atoms with Gasteiger partial charge < -0.3 is 16.4 Å². The van der Waals surface area contributed by atoms with Gasteiger partial charge in [-0.25, -0.2) is 9.18 Å². The molecule has 4 aromatic rings. The number of hydrogen-bond acceptors (Lipinski definition) is 3. The van der Waals surface area contributed by atoms with Crippen molar-refractivity contribution in [1.82, 2.24) is 15.1 Å². The lowest BCUT2D eigenvalue weighted by molar-refractivity contribution is 0.100. The average molecular weight is 431 g/mol. The molecule has 0 spiro atoms. The van der Waals surface area contributed by atoms with E-state index < -0.39 is 11.9 Å². The van der Waals surface area contributed by atoms with Crippen LogP contribution < -0.4 is 16.4 Å². The Bertz CT molecular complexity index is 1350. The van der Waals surface area contributed by atoms with E-state index in [4.69, 9.17) is 5.73 Å². The summed E-state index contributed by atoms with van der Waals surface area (Å²) in [6.45, 7) is 1.86. The number of amides is 3. The third kappa shape index (κ3) is 4.02. The zero-order valence-electron chi connectivity index (χ0n) is 17.6. The van der Waals surface area contributed by atoms with Crippen LogP contribution in [0.25, 0.3) is 22.2 Å². The standard InChI is InChI=1S/C24H22FN5O2/c1-14-10-11-16(12-19(14)25)28-24(32)27-13-15-6-3-4-7-17(15)22-21-18(23(26)31)8-5-9-20(21)30(2)29-22/h3-12H,13H2,1-2H3,(H2,26,31)(H2,27,28,32). The molecule has 0 aliphatic heterocycles. The van der Waals surface area contributed by atoms with Crippen molar-refractivity contribution in [3.63, 3.8) is 0 Å². The molecule has 0 radical (unpaired) electrons. The number of carbonyl (C=O) groups is 2. The Balaban J connectivity index is 1.62. The van der Waals surface area contributed by atoms with Gasteiger partial charge in [-0.15, -0.1) is 0 Å². The van der Waals surface area contributed by atoms with Crippen LogP contribution in [-0.4, -0.2) is 21.7 Å². The lowest BCUT2D eigenvalue weighted by Crippen LogP contribution is -2.28. The highest BCUT2D eigenvalue weighted by Crippen LogP contribution is 2.32. The zero-order chi connectivity index (χ0) is 22.8. The van der Waals surface area contributed by atoms with E-state index in [1.165, 1.54) is 6.07 Å². The fourth-order valence-electron chi connectivity index (χ4n) is 3.63. The van der Waals surface area contributed by atoms with E-state index in [0.717, 1.165) is 16.6 Å². The number of nitrogens with one attached hydrogen (secondary N) is 2. The number of urea groups is 1. The highest BCUT2D eigenvalue weighted by Gasteiger charge is 2.19. The Hall–Kier alpha value is -4.20. The minimum absolute atomic E-state index is 0.202. The second kappa shape index (κ2) is 8.50. The molecule has 8 heteroatoms. The number of nitrogens with zero attached hydrogens (tertiary/aromatic N) is 2. The lowest BCUT2D eigenvalue weighted by atomic mass is 9.99. The minimum Gasteiger partial charge on any atom is -0.366 e. The second-order valence-corrected chi connectivity index (χ2v) is 7.46. The Morgan fingerprint density at radius 2 is 1.88 bits per heavy atom. The third-order valence-electron chi connectivity index (χ3n) is 5.28. The van der Waals surface area contributed by atoms with Crippen molar-refractivity contribution in [3.8, 4) is 11.3 Å². The molecule has 1 heterocycles. The van der Waals surface area contributed by atoms with E-state index in [9.17, 15) is 14.0 Å². The Kier molecular flexibility index (Phi) is 5.59. The van der Waals surface area contributed by atoms with E-state index >= 15 is 0 Å². The van der Waals surface area contributed by atoms with E-state index in [1.807, 2.05) is 30.3 Å². The maximum absolute atomic E-state index is 13.7. The number of aryl methyl sites for hydroxylation is 2. The number of nitrogens with two attached hydrogens (primary N) is 1. The molecule has 4 N–H and O–H groups in total. The number of benzene rings is 3. The first kappa shape index (κ1) is 21.0. The molecule has 0 aliphatic carbocycles. The predicted octanol–water partition coefficient (Wildman–Crippen LogP) is 4.11. The van der Waals surface area contributed by atoms with Crippen molar-refractivity contribution in [2.75, 3.05) is 5.32 Å². The highest BCUT2D eigenvalue weighted by atomic mass is 19.1. The van der Waals surface area contributed by atoms with Crippen molar-refractivity contribution in [2.45, 2.75) is 13.5 Å². The number of primary amides is 1. The zero-order valence-corrected chi connectivity index (χ0v) is 17.6. The predicted molar refractivity (Wildman–Crippen MR) is 122 cm³/mol. The van der Waals surface area contributed by atoms with Gasteiger partial charge in [-0.1, -0.05) is 36.4 Å². The van der Waals surface area contributed by atoms with Crippen LogP contribution in [0.4, 0.5) is 14.9 Å². The van der Waals surface area contributed by atoms with Gasteiger partial charge in [0.2, 0.25) is 5.91 Å². The van der Waals surface area contributed by atoms with Crippen LogP contribution >= 0.6 is 0 Å². The molecule has 0 atom stereocenters. The van der Waals surface area contributed by atoms with Gasteiger partial charge >= 0.3 is 6.03 Å². The second-order valence-electron chi connectivity index (χ2n) is 7.46. The number of aromatic nitrogens is 2. The smallest absolute Gasteiger partial charge is 0.319 e. The van der Waals surface area contributed by atoms with E-state index in [1.54, 1.807) is 42.9 Å². The summed E-state index contributed by atoms with van der Waals surface area (Å²) in [6, 6.07) is 16.8. The molecule has 3 amide bonds. The molecule has 3 aromatic carbocycles. The van der Waals surface area contributed by atoms with Crippen molar-refractivity contribution < 1.29 is 14.0 Å². The normalized spacial score (nSPS) is 10.8. The summed E-state index contributed by atoms with van der Waals surface area (Å²) in [6.07, 6.45) is 0. The van der Waals surface area contributed by atoms with Gasteiger partial charge in [0, 0.05) is 30.2 Å². The maximum Gasteiger partial charge on any atom is 0.319 e. The third-order valence-corrected chi connectivity index (χ3v) is 5.28. The first-order valence-electron chi connectivity index (χ1n) is 10.00. The molecule has 162 valence electrons. The quantitative estimate of drug-likeness (QED) is 0.443. The first-order chi connectivity index (χ1) is 15.3. The van der Waals surface area contributed by atoms with Crippen LogP contribution in [0.3, 0.4) is 0 Å². The van der Waals surface area contributed by atoms with Gasteiger partial charge in [0.05, 0.1) is 11.1 Å². The molecule has 0 unspecified atom stereocenters. The van der Waals surface area contributed by atoms with Gasteiger partial charge in [-0.2, -0.15) is 5.10 Å². The van der Waals surface area contributed by atoms with Crippen LogP contribution in [0.5, 0.6) is 0 Å². The molecule has 1 aromatic heterocycles. The number of hydrogen-bond donors (Lipinski definition) is 3. The van der Waals surface area contributed by atoms with Gasteiger partial charge in [-0.05, 0) is 42.3 Å². The van der Waals surface area contributed by atoms with Crippen LogP contribution in [0.15, 0.2) is 60.7 Å². The van der Waals surface area contributed by atoms with Crippen LogP contribution in [0.1, 0.15) is 21.5 Å². The summed E-state index contributed by atoms with van der Waals surface area (Å²) in [7, 11) is 1.80. The molecular weight excluding hydrogens is 409 g/mol. The molecule has 0 saturated carbocycles. The number of fused-ring (bicyclic) bond motifs is 1. The Morgan fingerprint density at radius 3 is 2.62 bits per heavy atom. The van der Waals surface area contributed by atoms with Crippen molar-refractivity contribution in [2.24, 2.45) is 12.8 Å². The number of carbonyl (C=O) groups excluding carboxylic acids is 2. The molecule has 7 nitrogen and oxygen atoms in total. The van der Waals surface area contributed by atoms with Crippen LogP contribution in [-0.2, 0) is 13.6 Å². The molecule has 4 rings (SSSR count). The maximum atomic E-state index is 13.7. The fourth-order valence-corrected chi connectivity index (χ4v) is 3.63. The summed E-state index contributed by atoms with van der Waals surface area (Å²) < 4.78 is 15.4. The SMILES string of the molecule is Cc1ccc(NC(=O)NCc2ccccc2-c2nn(C)c3cccc(C(N)=O)c23)cc1F. The minimum atomic E-state index is -0.537. The Morgan fingerprint density at radius 1 is 1.09 bits per heavy atom. The summed E-state index contributed by atoms with van der Waals surface area (Å²) in [5.74, 6) is -0.925. The number of rotatable bonds is 5. The van der Waals surface area contributed by atoms with Crippen molar-refractivity contribution in [1.29, 1.82) is 0 Å². The summed E-state index contributed by atoms with van der Waals surface area (Å²) in [5.41, 5.74) is 9.80. The molecular formula is C24H22FN5O2. The summed E-state index contributed by atoms with van der Waals surface area (Å²) in [5, 5.41) is 10.7. The number of halogens is 1. The highest BCUT2D eigenvalue weighted by molar-refractivity contribution is 6.10. The monoisotopic (exact) mass is 431 g/mol. The van der Waals surface area contributed by atoms with E-state index in [-0.39, 0.29) is 12.4 Å². The molecule has 0 saturated heterocycles. The molecule has 0 aliphatic rings. The fraction of sp³-hybridized carbons (Fsp3) is 0.125. The van der Waals surface area contributed by atoms with Crippen molar-refractivity contribution in [3.05, 3.63) is 83.2 Å². The van der Waals surface area contributed by atoms with Crippen LogP contribution in [0, 0.1) is 12.7 Å². The number of anilines is 1. The molecule has 0 fully saturated rings. The topological polar surface area (TPSA) is 102 Å². The molecule has 32 heavy (non-hydrogen) atoms. The van der Waals surface area contributed by atoms with Gasteiger partial charge in [0.15, 0.2) is 0 Å². The van der Waals surface area contributed by atoms with E-state index in [0.29, 0.717) is 27.9 Å². The van der Waals surface area contributed by atoms with E-state index in [2.05, 4.69) is 15.7 Å². The summed E-state index contributed by atoms with van der Waals surface area (Å²) in [4.78, 5) is 24.4. The largest absolute Gasteiger partial charge is 0.366 e. The summed E-state index contributed by atoms with van der Waals surface area (Å²) >= 11 is 0. The van der Waals surface area contributed by atoms with Crippen LogP contribution in [0.2, 0.25) is 0 Å². The average Bonchev–Trinajstić information content (AvgIpc) is 3.11. The Labute approximate surface area is 184 Å². The first-order valence-corrected chi connectivity index (χ1v) is 10.00. The lowest BCUT2D eigenvalue weighted by Gasteiger charge is -2.11. The van der Waals surface area contributed by atoms with Gasteiger partial charge in [0.25, 0.3) is 0 Å². The molecule has 0 bridgehead atoms.